The van der Waals surface area contributed by atoms with Crippen molar-refractivity contribution in [3.8, 4) is 0 Å². The fourth-order valence-corrected chi connectivity index (χ4v) is 0.453. The van der Waals surface area contributed by atoms with Gasteiger partial charge in [-0.15, -0.1) is 0 Å². The predicted molar refractivity (Wildman–Crippen MR) is 56.6 cm³/mol. The maximum atomic E-state index is 8.74. The first kappa shape index (κ1) is 22.7. The van der Waals surface area contributed by atoms with Crippen molar-refractivity contribution in [1.82, 2.24) is 0 Å². The monoisotopic (exact) mass is 311 g/mol. The van der Waals surface area contributed by atoms with Crippen LogP contribution in [-0.2, 0) is 21.8 Å². The molecule has 5 N–H and O–H groups in total. The zero-order valence-electron chi connectivity index (χ0n) is 8.76. The zero-order chi connectivity index (χ0) is 13.2. The van der Waals surface area contributed by atoms with Gasteiger partial charge in [0.15, 0.2) is 0 Å². The third kappa shape index (κ3) is 47.8. The van der Waals surface area contributed by atoms with Gasteiger partial charge in [-0.2, -0.15) is 8.42 Å². The SMILES string of the molecule is Nc1ccccc1.O=S(=O)(O)O.O=S([O-])O.[K+]. The first-order chi connectivity index (χ1) is 7.13. The van der Waals surface area contributed by atoms with Crippen molar-refractivity contribution in [2.75, 3.05) is 5.73 Å². The van der Waals surface area contributed by atoms with Crippen molar-refractivity contribution in [3.63, 3.8) is 0 Å². The van der Waals surface area contributed by atoms with E-state index in [4.69, 9.17) is 36.6 Å². The third-order valence-corrected chi connectivity index (χ3v) is 0.800. The van der Waals surface area contributed by atoms with Crippen molar-refractivity contribution >= 4 is 27.4 Å². The largest absolute Gasteiger partial charge is 1.00 e. The van der Waals surface area contributed by atoms with Gasteiger partial charge in [0, 0.05) is 5.69 Å². The van der Waals surface area contributed by atoms with E-state index in [1.165, 1.54) is 0 Å². The van der Waals surface area contributed by atoms with Gasteiger partial charge in [-0.25, -0.2) is 4.21 Å². The van der Waals surface area contributed by atoms with Crippen LogP contribution >= 0.6 is 0 Å². The van der Waals surface area contributed by atoms with Crippen LogP contribution in [-0.4, -0.2) is 30.8 Å². The summed E-state index contributed by atoms with van der Waals surface area (Å²) in [5.74, 6) is 0. The summed E-state index contributed by atoms with van der Waals surface area (Å²) in [6.07, 6.45) is 0. The van der Waals surface area contributed by atoms with E-state index < -0.39 is 21.8 Å². The molecule has 0 aliphatic carbocycles. The van der Waals surface area contributed by atoms with Crippen LogP contribution in [0.15, 0.2) is 30.3 Å². The van der Waals surface area contributed by atoms with Crippen molar-refractivity contribution < 1.29 is 82.2 Å². The molecule has 1 rings (SSSR count). The van der Waals surface area contributed by atoms with Crippen molar-refractivity contribution in [1.29, 1.82) is 0 Å². The van der Waals surface area contributed by atoms with E-state index in [-0.39, 0.29) is 51.4 Å². The molecule has 0 aliphatic rings. The summed E-state index contributed by atoms with van der Waals surface area (Å²) in [7, 11) is -4.67. The number of hydrogen-bond acceptors (Lipinski definition) is 5. The number of nitrogen functional groups attached to an aromatic ring is 1. The van der Waals surface area contributed by atoms with E-state index in [9.17, 15) is 0 Å². The van der Waals surface area contributed by atoms with E-state index in [0.717, 1.165) is 5.69 Å². The molecule has 0 fully saturated rings. The van der Waals surface area contributed by atoms with Crippen molar-refractivity contribution in [3.05, 3.63) is 30.3 Å². The van der Waals surface area contributed by atoms with Gasteiger partial charge in [-0.1, -0.05) is 18.2 Å². The van der Waals surface area contributed by atoms with Gasteiger partial charge in [-0.3, -0.25) is 9.11 Å². The Morgan fingerprint density at radius 2 is 1.41 bits per heavy atom. The zero-order valence-corrected chi connectivity index (χ0v) is 13.5. The Bertz CT molecular complexity index is 384. The summed E-state index contributed by atoms with van der Waals surface area (Å²) in [4.78, 5) is 0. The summed E-state index contributed by atoms with van der Waals surface area (Å²) in [6, 6.07) is 9.49. The van der Waals surface area contributed by atoms with Gasteiger partial charge in [-0.05, 0) is 12.1 Å². The van der Waals surface area contributed by atoms with E-state index in [1.54, 1.807) is 0 Å². The van der Waals surface area contributed by atoms with Crippen LogP contribution in [0.5, 0.6) is 0 Å². The Kier molecular flexibility index (Phi) is 17.4. The molecule has 1 aromatic rings. The van der Waals surface area contributed by atoms with Gasteiger partial charge in [0.1, 0.15) is 0 Å². The van der Waals surface area contributed by atoms with Crippen molar-refractivity contribution in [2.24, 2.45) is 0 Å². The Hall–Kier alpha value is 0.596. The molecule has 0 amide bonds. The van der Waals surface area contributed by atoms with Crippen LogP contribution in [0, 0.1) is 0 Å². The summed E-state index contributed by atoms with van der Waals surface area (Å²) in [6.45, 7) is 0. The number of para-hydroxylation sites is 1. The van der Waals surface area contributed by atoms with Gasteiger partial charge >= 0.3 is 61.8 Å². The van der Waals surface area contributed by atoms with E-state index in [2.05, 4.69) is 0 Å². The maximum Gasteiger partial charge on any atom is 1.00 e. The van der Waals surface area contributed by atoms with Crippen LogP contribution < -0.4 is 57.1 Å². The van der Waals surface area contributed by atoms with Crippen LogP contribution in [0.4, 0.5) is 5.69 Å². The number of hydrogen-bond donors (Lipinski definition) is 4. The predicted octanol–water partition coefficient (Wildman–Crippen LogP) is -3.04. The fraction of sp³-hybridized carbons (Fsp3) is 0. The van der Waals surface area contributed by atoms with E-state index >= 15 is 0 Å². The Morgan fingerprint density at radius 1 is 1.18 bits per heavy atom. The molecule has 0 heterocycles. The summed E-state index contributed by atoms with van der Waals surface area (Å²) in [5, 5.41) is 0. The molecule has 0 saturated heterocycles. The number of nitrogens with two attached hydrogens (primary N) is 1. The molecule has 17 heavy (non-hydrogen) atoms. The summed E-state index contributed by atoms with van der Waals surface area (Å²) in [5.41, 5.74) is 6.18. The summed E-state index contributed by atoms with van der Waals surface area (Å²) < 4.78 is 55.7. The Labute approximate surface area is 144 Å². The standard InChI is InChI=1S/C6H7N.K.H2O4S.H2O3S/c7-6-4-2-1-3-5-6;;1-5(2,3)4;1-4(2)3/h1-5H,7H2;;(H2,1,2,3,4);(H2,1,2,3)/q;+1;;/p-1. The molecule has 0 radical (unpaired) electrons. The quantitative estimate of drug-likeness (QED) is 0.170. The molecule has 0 bridgehead atoms. The van der Waals surface area contributed by atoms with Gasteiger partial charge in [0.25, 0.3) is 0 Å². The molecule has 0 spiro atoms. The molecular weight excluding hydrogens is 301 g/mol. The molecule has 0 aliphatic heterocycles. The molecular formula is C6H10KNO7S2. The van der Waals surface area contributed by atoms with Gasteiger partial charge in [0.05, 0.1) is 11.4 Å². The molecule has 1 aromatic carbocycles. The minimum atomic E-state index is -4.67. The molecule has 1 atom stereocenters. The number of rotatable bonds is 0. The second-order valence-electron chi connectivity index (χ2n) is 2.08. The summed E-state index contributed by atoms with van der Waals surface area (Å²) >= 11 is -2.86. The molecule has 0 aromatic heterocycles. The smallest absolute Gasteiger partial charge is 0.750 e. The molecule has 11 heteroatoms. The fourth-order valence-electron chi connectivity index (χ4n) is 0.453. The van der Waals surface area contributed by atoms with Crippen molar-refractivity contribution in [2.45, 2.75) is 0 Å². The van der Waals surface area contributed by atoms with E-state index in [0.29, 0.717) is 0 Å². The second-order valence-corrected chi connectivity index (χ2v) is 3.41. The van der Waals surface area contributed by atoms with E-state index in [1.807, 2.05) is 30.3 Å². The molecule has 94 valence electrons. The number of benzene rings is 1. The molecule has 8 nitrogen and oxygen atoms in total. The van der Waals surface area contributed by atoms with Crippen LogP contribution in [0.3, 0.4) is 0 Å². The second kappa shape index (κ2) is 13.0. The minimum Gasteiger partial charge on any atom is -0.750 e. The van der Waals surface area contributed by atoms with Gasteiger partial charge < -0.3 is 14.8 Å². The third-order valence-electron chi connectivity index (χ3n) is 0.800. The topological polar surface area (TPSA) is 161 Å². The average molecular weight is 311 g/mol. The van der Waals surface area contributed by atoms with Gasteiger partial charge in [0.2, 0.25) is 0 Å². The number of anilines is 1. The van der Waals surface area contributed by atoms with Crippen LogP contribution in [0.2, 0.25) is 0 Å². The van der Waals surface area contributed by atoms with Crippen LogP contribution in [0.1, 0.15) is 0 Å². The average Bonchev–Trinajstić information content (AvgIpc) is 2.00. The molecule has 0 saturated carbocycles. The Balaban J connectivity index is -0.000000177. The molecule has 1 unspecified atom stereocenters. The first-order valence-corrected chi connectivity index (χ1v) is 5.84. The maximum absolute atomic E-state index is 8.74. The first-order valence-electron chi connectivity index (χ1n) is 3.41. The Morgan fingerprint density at radius 3 is 1.53 bits per heavy atom. The minimum absolute atomic E-state index is 0. The normalized spacial score (nSPS) is 10.6. The van der Waals surface area contributed by atoms with Crippen LogP contribution in [0.25, 0.3) is 0 Å².